The molecule has 0 radical (unpaired) electrons. The summed E-state index contributed by atoms with van der Waals surface area (Å²) < 4.78 is 23.0. The molecule has 0 aromatic carbocycles. The molecule has 0 N–H and O–H groups in total. The molecule has 0 aliphatic carbocycles. The summed E-state index contributed by atoms with van der Waals surface area (Å²) in [4.78, 5) is 0. The van der Waals surface area contributed by atoms with Gasteiger partial charge in [0.05, 0.1) is 0 Å². The normalized spacial score (nSPS) is 13.0. The summed E-state index contributed by atoms with van der Waals surface area (Å²) in [5.41, 5.74) is 0. The predicted octanol–water partition coefficient (Wildman–Crippen LogP) is 3.93. The van der Waals surface area contributed by atoms with E-state index in [4.69, 9.17) is 10.9 Å². The zero-order valence-electron chi connectivity index (χ0n) is 12.9. The van der Waals surface area contributed by atoms with E-state index in [9.17, 15) is 0 Å². The predicted molar refractivity (Wildman–Crippen MR) is 73.2 cm³/mol. The zero-order valence-corrected chi connectivity index (χ0v) is 16.3. The van der Waals surface area contributed by atoms with Crippen LogP contribution in [-0.2, 0) is 33.0 Å². The van der Waals surface area contributed by atoms with Gasteiger partial charge in [-0.1, -0.05) is 0 Å². The molecule has 0 aromatic rings. The Labute approximate surface area is 120 Å². The van der Waals surface area contributed by atoms with Gasteiger partial charge in [0.1, 0.15) is 0 Å². The molecule has 18 heavy (non-hydrogen) atoms. The SMILES string of the molecule is CCC[Si](CCC)(CCC)[O][Zr]([O]C)([O]C)[O]C. The molecular formula is C12H30O4SiZr. The van der Waals surface area contributed by atoms with Crippen molar-refractivity contribution in [3.05, 3.63) is 0 Å². The van der Waals surface area contributed by atoms with Crippen molar-refractivity contribution in [1.29, 1.82) is 0 Å². The third-order valence-corrected chi connectivity index (χ3v) is 16.8. The Hall–Kier alpha value is 0.940. The molecule has 0 spiro atoms. The number of hydrogen-bond acceptors (Lipinski definition) is 4. The second kappa shape index (κ2) is 9.78. The Bertz CT molecular complexity index is 187. The van der Waals surface area contributed by atoms with E-state index in [1.54, 1.807) is 21.3 Å². The van der Waals surface area contributed by atoms with Crippen LogP contribution in [0.1, 0.15) is 40.0 Å². The second-order valence-corrected chi connectivity index (χ2v) is 15.7. The zero-order chi connectivity index (χ0) is 14.1. The van der Waals surface area contributed by atoms with Crippen molar-refractivity contribution >= 4 is 8.32 Å². The molecule has 0 atom stereocenters. The van der Waals surface area contributed by atoms with Crippen molar-refractivity contribution in [3.63, 3.8) is 0 Å². The van der Waals surface area contributed by atoms with Crippen molar-refractivity contribution < 1.29 is 33.0 Å². The molecule has 0 rings (SSSR count). The van der Waals surface area contributed by atoms with Gasteiger partial charge in [0.15, 0.2) is 0 Å². The van der Waals surface area contributed by atoms with Crippen molar-refractivity contribution in [1.82, 2.24) is 0 Å². The fraction of sp³-hybridized carbons (Fsp3) is 1.00. The van der Waals surface area contributed by atoms with Crippen LogP contribution in [-0.4, -0.2) is 29.6 Å². The molecule has 110 valence electrons. The summed E-state index contributed by atoms with van der Waals surface area (Å²) in [6.45, 7) is 6.67. The molecular weight excluding hydrogens is 327 g/mol. The van der Waals surface area contributed by atoms with E-state index in [-0.39, 0.29) is 0 Å². The number of hydrogen-bond donors (Lipinski definition) is 0. The van der Waals surface area contributed by atoms with Gasteiger partial charge in [0.2, 0.25) is 0 Å². The summed E-state index contributed by atoms with van der Waals surface area (Å²) >= 11 is -3.71. The molecule has 0 aliphatic rings. The maximum atomic E-state index is 6.48. The van der Waals surface area contributed by atoms with Crippen LogP contribution in [0.3, 0.4) is 0 Å². The van der Waals surface area contributed by atoms with Gasteiger partial charge in [0, 0.05) is 0 Å². The quantitative estimate of drug-likeness (QED) is 0.525. The Balaban J connectivity index is 5.02. The molecule has 6 heteroatoms. The molecule has 0 aromatic heterocycles. The van der Waals surface area contributed by atoms with Gasteiger partial charge >= 0.3 is 121 Å². The Morgan fingerprint density at radius 3 is 1.28 bits per heavy atom. The van der Waals surface area contributed by atoms with Crippen molar-refractivity contribution in [2.75, 3.05) is 21.3 Å². The van der Waals surface area contributed by atoms with Gasteiger partial charge in [-0.15, -0.1) is 0 Å². The van der Waals surface area contributed by atoms with Crippen molar-refractivity contribution in [3.8, 4) is 0 Å². The molecule has 0 bridgehead atoms. The van der Waals surface area contributed by atoms with Crippen LogP contribution in [0.4, 0.5) is 0 Å². The van der Waals surface area contributed by atoms with E-state index in [0.717, 1.165) is 19.3 Å². The fourth-order valence-electron chi connectivity index (χ4n) is 2.54. The molecule has 0 saturated carbocycles. The fourth-order valence-corrected chi connectivity index (χ4v) is 16.3. The molecule has 0 saturated heterocycles. The van der Waals surface area contributed by atoms with Gasteiger partial charge in [0.25, 0.3) is 0 Å². The summed E-state index contributed by atoms with van der Waals surface area (Å²) in [6.07, 6.45) is 3.47. The van der Waals surface area contributed by atoms with Crippen LogP contribution in [0.15, 0.2) is 0 Å². The Kier molecular flexibility index (Phi) is 10.3. The topological polar surface area (TPSA) is 36.9 Å². The summed E-state index contributed by atoms with van der Waals surface area (Å²) in [7, 11) is 3.16. The van der Waals surface area contributed by atoms with Crippen LogP contribution in [0.2, 0.25) is 18.1 Å². The van der Waals surface area contributed by atoms with E-state index in [1.807, 2.05) is 0 Å². The van der Waals surface area contributed by atoms with Crippen LogP contribution in [0.5, 0.6) is 0 Å². The van der Waals surface area contributed by atoms with Gasteiger partial charge in [-0.3, -0.25) is 0 Å². The molecule has 0 unspecified atom stereocenters. The van der Waals surface area contributed by atoms with Crippen LogP contribution >= 0.6 is 0 Å². The standard InChI is InChI=1S/C9H21OSi.3CH3O.Zr/c1-4-7-11(10,8-5-2)9-6-3;3*1-2;/h4-9H2,1-3H3;3*1H3;/q4*-1;+4. The summed E-state index contributed by atoms with van der Waals surface area (Å²) in [6, 6.07) is 3.51. The minimum absolute atomic E-state index is 1.16. The van der Waals surface area contributed by atoms with Crippen molar-refractivity contribution in [2.24, 2.45) is 0 Å². The van der Waals surface area contributed by atoms with Gasteiger partial charge in [-0.05, 0) is 0 Å². The average Bonchev–Trinajstić information content (AvgIpc) is 2.37. The first-order chi connectivity index (χ1) is 8.57. The van der Waals surface area contributed by atoms with Gasteiger partial charge < -0.3 is 0 Å². The first-order valence-corrected chi connectivity index (χ1v) is 13.5. The Morgan fingerprint density at radius 1 is 0.722 bits per heavy atom. The maximum absolute atomic E-state index is 6.48. The van der Waals surface area contributed by atoms with E-state index in [0.29, 0.717) is 0 Å². The van der Waals surface area contributed by atoms with Crippen molar-refractivity contribution in [2.45, 2.75) is 58.2 Å². The van der Waals surface area contributed by atoms with Crippen LogP contribution in [0, 0.1) is 0 Å². The molecule has 0 aliphatic heterocycles. The Morgan fingerprint density at radius 2 is 1.06 bits per heavy atom. The first-order valence-electron chi connectivity index (χ1n) is 6.93. The van der Waals surface area contributed by atoms with E-state index < -0.39 is 30.3 Å². The summed E-state index contributed by atoms with van der Waals surface area (Å²) in [5.74, 6) is 0. The molecule has 0 amide bonds. The molecule has 0 heterocycles. The first kappa shape index (κ1) is 18.9. The van der Waals surface area contributed by atoms with E-state index in [2.05, 4.69) is 20.8 Å². The average molecular weight is 358 g/mol. The van der Waals surface area contributed by atoms with Crippen LogP contribution in [0.25, 0.3) is 0 Å². The third-order valence-electron chi connectivity index (χ3n) is 3.21. The van der Waals surface area contributed by atoms with Gasteiger partial charge in [-0.25, -0.2) is 0 Å². The monoisotopic (exact) mass is 356 g/mol. The number of rotatable bonds is 11. The summed E-state index contributed by atoms with van der Waals surface area (Å²) in [5, 5.41) is 0. The molecule has 0 fully saturated rings. The van der Waals surface area contributed by atoms with Crippen LogP contribution < -0.4 is 0 Å². The van der Waals surface area contributed by atoms with E-state index >= 15 is 0 Å². The van der Waals surface area contributed by atoms with E-state index in [1.165, 1.54) is 18.1 Å². The minimum atomic E-state index is -3.71. The second-order valence-electron chi connectivity index (χ2n) is 4.65. The molecule has 4 nitrogen and oxygen atoms in total. The van der Waals surface area contributed by atoms with Gasteiger partial charge in [-0.2, -0.15) is 0 Å². The third kappa shape index (κ3) is 5.51.